The first-order valence-electron chi connectivity index (χ1n) is 5.56. The predicted molar refractivity (Wildman–Crippen MR) is 66.7 cm³/mol. The molecular weight excluding hydrogens is 232 g/mol. The first-order valence-corrected chi connectivity index (χ1v) is 5.56. The molecule has 2 rings (SSSR count). The first-order chi connectivity index (χ1) is 8.61. The van der Waals surface area contributed by atoms with E-state index in [2.05, 4.69) is 14.7 Å². The van der Waals surface area contributed by atoms with Crippen LogP contribution in [-0.4, -0.2) is 23.0 Å². The average Bonchev–Trinajstić information content (AvgIpc) is 2.72. The van der Waals surface area contributed by atoms with Gasteiger partial charge in [0, 0.05) is 6.42 Å². The molecule has 0 aliphatic carbocycles. The largest absolute Gasteiger partial charge is 0.464 e. The molecular formula is C13H14N2O3. The molecule has 0 radical (unpaired) electrons. The van der Waals surface area contributed by atoms with Crippen LogP contribution in [0.5, 0.6) is 0 Å². The Balaban J connectivity index is 2.38. The van der Waals surface area contributed by atoms with Crippen molar-refractivity contribution in [1.82, 2.24) is 9.97 Å². The van der Waals surface area contributed by atoms with Crippen LogP contribution in [0.25, 0.3) is 0 Å². The Kier molecular flexibility index (Phi) is 3.32. The van der Waals surface area contributed by atoms with Crippen LogP contribution in [-0.2, 0) is 11.2 Å². The number of imidazole rings is 1. The van der Waals surface area contributed by atoms with E-state index in [1.165, 1.54) is 7.11 Å². The molecule has 1 aromatic heterocycles. The van der Waals surface area contributed by atoms with Gasteiger partial charge in [0.15, 0.2) is 0 Å². The maximum atomic E-state index is 11.5. The molecule has 0 amide bonds. The summed E-state index contributed by atoms with van der Waals surface area (Å²) in [5.41, 5.74) is 2.49. The molecule has 0 saturated carbocycles. The van der Waals surface area contributed by atoms with Gasteiger partial charge in [0.2, 0.25) is 0 Å². The lowest BCUT2D eigenvalue weighted by atomic mass is 10.0. The number of esters is 1. The summed E-state index contributed by atoms with van der Waals surface area (Å²) in [5.74, 6) is -0.545. The van der Waals surface area contributed by atoms with Crippen molar-refractivity contribution in [3.8, 4) is 0 Å². The Bertz CT molecular complexity index is 625. The van der Waals surface area contributed by atoms with Crippen molar-refractivity contribution in [2.75, 3.05) is 7.11 Å². The zero-order valence-corrected chi connectivity index (χ0v) is 10.2. The lowest BCUT2D eigenvalue weighted by Crippen LogP contribution is -2.07. The van der Waals surface area contributed by atoms with E-state index in [0.717, 1.165) is 11.1 Å². The van der Waals surface area contributed by atoms with Crippen molar-refractivity contribution in [1.29, 1.82) is 0 Å². The second-order valence-electron chi connectivity index (χ2n) is 4.03. The Morgan fingerprint density at radius 1 is 1.28 bits per heavy atom. The third-order valence-corrected chi connectivity index (χ3v) is 2.82. The second kappa shape index (κ2) is 4.91. The quantitative estimate of drug-likeness (QED) is 0.803. The molecule has 0 atom stereocenters. The third kappa shape index (κ3) is 2.34. The molecule has 0 fully saturated rings. The van der Waals surface area contributed by atoms with E-state index in [1.807, 2.05) is 31.2 Å². The maximum Gasteiger partial charge on any atom is 0.356 e. The summed E-state index contributed by atoms with van der Waals surface area (Å²) in [7, 11) is 1.28. The fraction of sp³-hybridized carbons (Fsp3) is 0.231. The first kappa shape index (κ1) is 12.2. The minimum atomic E-state index is -0.545. The molecule has 1 heterocycles. The van der Waals surface area contributed by atoms with Crippen LogP contribution < -0.4 is 5.69 Å². The number of methoxy groups -OCH3 is 1. The number of H-pyrrole nitrogens is 2. The zero-order valence-electron chi connectivity index (χ0n) is 10.2. The predicted octanol–water partition coefficient (Wildman–Crippen LogP) is 1.39. The molecule has 94 valence electrons. The Morgan fingerprint density at radius 3 is 2.67 bits per heavy atom. The van der Waals surface area contributed by atoms with Crippen molar-refractivity contribution in [3.63, 3.8) is 0 Å². The monoisotopic (exact) mass is 246 g/mol. The van der Waals surface area contributed by atoms with Crippen LogP contribution in [0.2, 0.25) is 0 Å². The summed E-state index contributed by atoms with van der Waals surface area (Å²) in [6.45, 7) is 1.98. The highest BCUT2D eigenvalue weighted by atomic mass is 16.5. The number of carbonyl (C=O) groups is 1. The molecule has 2 N–H and O–H groups in total. The van der Waals surface area contributed by atoms with Gasteiger partial charge in [0.25, 0.3) is 0 Å². The van der Waals surface area contributed by atoms with Gasteiger partial charge >= 0.3 is 11.7 Å². The number of rotatable bonds is 3. The van der Waals surface area contributed by atoms with Crippen molar-refractivity contribution in [2.45, 2.75) is 13.3 Å². The van der Waals surface area contributed by atoms with E-state index in [4.69, 9.17) is 0 Å². The summed E-state index contributed by atoms with van der Waals surface area (Å²) in [6.07, 6.45) is 0.482. The summed E-state index contributed by atoms with van der Waals surface area (Å²) >= 11 is 0. The molecule has 0 unspecified atom stereocenters. The summed E-state index contributed by atoms with van der Waals surface area (Å²) in [5, 5.41) is 0. The molecule has 0 aliphatic rings. The number of hydrogen-bond donors (Lipinski definition) is 2. The number of aromatic nitrogens is 2. The van der Waals surface area contributed by atoms with Gasteiger partial charge in [-0.3, -0.25) is 4.98 Å². The summed E-state index contributed by atoms with van der Waals surface area (Å²) in [6, 6.07) is 7.81. The Morgan fingerprint density at radius 2 is 2.00 bits per heavy atom. The molecule has 18 heavy (non-hydrogen) atoms. The fourth-order valence-corrected chi connectivity index (χ4v) is 1.83. The van der Waals surface area contributed by atoms with Gasteiger partial charge in [-0.25, -0.2) is 9.59 Å². The molecule has 0 aliphatic heterocycles. The van der Waals surface area contributed by atoms with Crippen molar-refractivity contribution in [2.24, 2.45) is 0 Å². The number of aryl methyl sites for hydroxylation is 1. The van der Waals surface area contributed by atoms with E-state index < -0.39 is 11.7 Å². The Labute approximate surface area is 104 Å². The number of nitrogens with one attached hydrogen (secondary N) is 2. The molecule has 0 saturated heterocycles. The van der Waals surface area contributed by atoms with Gasteiger partial charge < -0.3 is 9.72 Å². The molecule has 5 heteroatoms. The van der Waals surface area contributed by atoms with Crippen LogP contribution in [0.4, 0.5) is 0 Å². The highest BCUT2D eigenvalue weighted by Gasteiger charge is 2.16. The van der Waals surface area contributed by atoms with Crippen LogP contribution >= 0.6 is 0 Å². The third-order valence-electron chi connectivity index (χ3n) is 2.82. The van der Waals surface area contributed by atoms with E-state index >= 15 is 0 Å². The van der Waals surface area contributed by atoms with E-state index in [9.17, 15) is 9.59 Å². The van der Waals surface area contributed by atoms with E-state index in [0.29, 0.717) is 12.1 Å². The molecule has 0 bridgehead atoms. The fourth-order valence-electron chi connectivity index (χ4n) is 1.83. The zero-order chi connectivity index (χ0) is 13.1. The lowest BCUT2D eigenvalue weighted by molar-refractivity contribution is 0.0593. The minimum Gasteiger partial charge on any atom is -0.464 e. The molecule has 1 aromatic carbocycles. The van der Waals surface area contributed by atoms with Crippen LogP contribution in [0.1, 0.15) is 27.3 Å². The molecule has 2 aromatic rings. The van der Waals surface area contributed by atoms with Crippen molar-refractivity contribution < 1.29 is 9.53 Å². The molecule has 0 spiro atoms. The number of benzene rings is 1. The number of hydrogen-bond acceptors (Lipinski definition) is 3. The van der Waals surface area contributed by atoms with E-state index in [1.54, 1.807) is 0 Å². The Hall–Kier alpha value is -2.30. The smallest absolute Gasteiger partial charge is 0.356 e. The van der Waals surface area contributed by atoms with Crippen molar-refractivity contribution in [3.05, 3.63) is 57.3 Å². The highest BCUT2D eigenvalue weighted by molar-refractivity contribution is 5.88. The van der Waals surface area contributed by atoms with Gasteiger partial charge in [-0.05, 0) is 18.1 Å². The van der Waals surface area contributed by atoms with Crippen LogP contribution in [0.3, 0.4) is 0 Å². The summed E-state index contributed by atoms with van der Waals surface area (Å²) < 4.78 is 4.63. The standard InChI is InChI=1S/C13H14N2O3/c1-8-5-3-4-6-9(8)7-10-11(12(16)18-2)15-13(17)14-10/h3-6H,7H2,1-2H3,(H2,14,15,17). The lowest BCUT2D eigenvalue weighted by Gasteiger charge is -2.05. The normalized spacial score (nSPS) is 10.3. The second-order valence-corrected chi connectivity index (χ2v) is 4.03. The SMILES string of the molecule is COC(=O)c1[nH]c(=O)[nH]c1Cc1ccccc1C. The minimum absolute atomic E-state index is 0.186. The van der Waals surface area contributed by atoms with Crippen molar-refractivity contribution >= 4 is 5.97 Å². The average molecular weight is 246 g/mol. The number of aromatic amines is 2. The number of ether oxygens (including phenoxy) is 1. The number of carbonyl (C=O) groups excluding carboxylic acids is 1. The van der Waals surface area contributed by atoms with Gasteiger partial charge in [0.05, 0.1) is 12.8 Å². The van der Waals surface area contributed by atoms with Crippen LogP contribution in [0.15, 0.2) is 29.1 Å². The van der Waals surface area contributed by atoms with Crippen LogP contribution in [0, 0.1) is 6.92 Å². The summed E-state index contributed by atoms with van der Waals surface area (Å²) in [4.78, 5) is 27.9. The van der Waals surface area contributed by atoms with E-state index in [-0.39, 0.29) is 5.69 Å². The topological polar surface area (TPSA) is 75.0 Å². The van der Waals surface area contributed by atoms with Gasteiger partial charge in [0.1, 0.15) is 5.69 Å². The van der Waals surface area contributed by atoms with Gasteiger partial charge in [-0.2, -0.15) is 0 Å². The highest BCUT2D eigenvalue weighted by Crippen LogP contribution is 2.13. The molecule has 5 nitrogen and oxygen atoms in total. The van der Waals surface area contributed by atoms with Gasteiger partial charge in [-0.15, -0.1) is 0 Å². The maximum absolute atomic E-state index is 11.5. The van der Waals surface area contributed by atoms with Gasteiger partial charge in [-0.1, -0.05) is 24.3 Å².